The zero-order valence-corrected chi connectivity index (χ0v) is 9.75. The first-order chi connectivity index (χ1) is 7.68. The Morgan fingerprint density at radius 2 is 1.69 bits per heavy atom. The minimum Gasteiger partial charge on any atom is -0.397 e. The number of nitrogen functional groups attached to an aromatic ring is 1. The van der Waals surface area contributed by atoms with Crippen molar-refractivity contribution in [1.29, 1.82) is 0 Å². The fraction of sp³-hybridized carbons (Fsp3) is 0.0769. The number of halogens is 1. The smallest absolute Gasteiger partial charge is 0.0617 e. The lowest BCUT2D eigenvalue weighted by molar-refractivity contribution is 1.43. The molecule has 0 atom stereocenters. The molecule has 0 unspecified atom stereocenters. The zero-order chi connectivity index (χ0) is 11.5. The van der Waals surface area contributed by atoms with E-state index in [1.165, 1.54) is 0 Å². The van der Waals surface area contributed by atoms with Gasteiger partial charge >= 0.3 is 0 Å². The highest BCUT2D eigenvalue weighted by atomic mass is 35.5. The van der Waals surface area contributed by atoms with Crippen molar-refractivity contribution in [2.24, 2.45) is 0 Å². The minimum absolute atomic E-state index is 0.724. The molecule has 0 aliphatic carbocycles. The van der Waals surface area contributed by atoms with Gasteiger partial charge in [-0.15, -0.1) is 0 Å². The summed E-state index contributed by atoms with van der Waals surface area (Å²) in [6.45, 7) is 1.98. The molecule has 0 aliphatic heterocycles. The Hall–Kier alpha value is -1.67. The maximum absolute atomic E-state index is 6.05. The fourth-order valence-electron chi connectivity index (χ4n) is 1.50. The van der Waals surface area contributed by atoms with Crippen molar-refractivity contribution < 1.29 is 0 Å². The number of nitrogens with two attached hydrogens (primary N) is 1. The Bertz CT molecular complexity index is 509. The van der Waals surface area contributed by atoms with Gasteiger partial charge in [0, 0.05) is 10.7 Å². The lowest BCUT2D eigenvalue weighted by atomic mass is 10.2. The van der Waals surface area contributed by atoms with Crippen LogP contribution in [0, 0.1) is 6.92 Å². The number of nitrogens with one attached hydrogen (secondary N) is 1. The maximum atomic E-state index is 6.05. The summed E-state index contributed by atoms with van der Waals surface area (Å²) < 4.78 is 0. The molecule has 82 valence electrons. The Kier molecular flexibility index (Phi) is 3.02. The standard InChI is InChI=1S/C13H13ClN2/c1-9-10(14)5-4-8-12(9)16-13-7-3-2-6-11(13)15/h2-8,16H,15H2,1H3. The van der Waals surface area contributed by atoms with E-state index >= 15 is 0 Å². The van der Waals surface area contributed by atoms with Gasteiger partial charge in [0.25, 0.3) is 0 Å². The van der Waals surface area contributed by atoms with Crippen LogP contribution in [-0.2, 0) is 0 Å². The largest absolute Gasteiger partial charge is 0.397 e. The summed E-state index contributed by atoms with van der Waals surface area (Å²) in [5.74, 6) is 0. The molecular formula is C13H13ClN2. The van der Waals surface area contributed by atoms with E-state index in [1.54, 1.807) is 0 Å². The third-order valence-corrected chi connectivity index (χ3v) is 2.91. The van der Waals surface area contributed by atoms with Crippen LogP contribution in [0.4, 0.5) is 17.1 Å². The van der Waals surface area contributed by atoms with E-state index in [4.69, 9.17) is 17.3 Å². The van der Waals surface area contributed by atoms with Crippen LogP contribution >= 0.6 is 11.6 Å². The Morgan fingerprint density at radius 3 is 2.44 bits per heavy atom. The van der Waals surface area contributed by atoms with Crippen LogP contribution in [0.15, 0.2) is 42.5 Å². The highest BCUT2D eigenvalue weighted by Crippen LogP contribution is 2.28. The van der Waals surface area contributed by atoms with Crippen molar-refractivity contribution in [2.45, 2.75) is 6.92 Å². The predicted octanol–water partition coefficient (Wildman–Crippen LogP) is 3.97. The van der Waals surface area contributed by atoms with Crippen molar-refractivity contribution in [2.75, 3.05) is 11.1 Å². The molecule has 0 aliphatic rings. The van der Waals surface area contributed by atoms with E-state index in [0.717, 1.165) is 27.6 Å². The second kappa shape index (κ2) is 4.45. The van der Waals surface area contributed by atoms with Crippen LogP contribution in [-0.4, -0.2) is 0 Å². The number of hydrogen-bond acceptors (Lipinski definition) is 2. The molecule has 0 heterocycles. The van der Waals surface area contributed by atoms with E-state index in [1.807, 2.05) is 49.4 Å². The lowest BCUT2D eigenvalue weighted by Crippen LogP contribution is -1.97. The lowest BCUT2D eigenvalue weighted by Gasteiger charge is -2.12. The van der Waals surface area contributed by atoms with Gasteiger partial charge in [-0.2, -0.15) is 0 Å². The van der Waals surface area contributed by atoms with Gasteiger partial charge in [-0.1, -0.05) is 29.8 Å². The quantitative estimate of drug-likeness (QED) is 0.769. The third kappa shape index (κ3) is 2.12. The molecule has 0 saturated carbocycles. The maximum Gasteiger partial charge on any atom is 0.0617 e. The minimum atomic E-state index is 0.724. The second-order valence-electron chi connectivity index (χ2n) is 3.62. The van der Waals surface area contributed by atoms with Crippen molar-refractivity contribution in [3.63, 3.8) is 0 Å². The highest BCUT2D eigenvalue weighted by Gasteiger charge is 2.03. The number of anilines is 3. The SMILES string of the molecule is Cc1c(Cl)cccc1Nc1ccccc1N. The number of benzene rings is 2. The van der Waals surface area contributed by atoms with Gasteiger partial charge in [0.1, 0.15) is 0 Å². The summed E-state index contributed by atoms with van der Waals surface area (Å²) in [7, 11) is 0. The first kappa shape index (κ1) is 10.8. The van der Waals surface area contributed by atoms with Crippen LogP contribution in [0.1, 0.15) is 5.56 Å². The monoisotopic (exact) mass is 232 g/mol. The number of rotatable bonds is 2. The molecule has 0 spiro atoms. The van der Waals surface area contributed by atoms with Gasteiger partial charge in [0.15, 0.2) is 0 Å². The van der Waals surface area contributed by atoms with Crippen LogP contribution in [0.5, 0.6) is 0 Å². The van der Waals surface area contributed by atoms with Gasteiger partial charge < -0.3 is 11.1 Å². The molecule has 0 fully saturated rings. The van der Waals surface area contributed by atoms with E-state index in [2.05, 4.69) is 5.32 Å². The van der Waals surface area contributed by atoms with E-state index in [9.17, 15) is 0 Å². The van der Waals surface area contributed by atoms with E-state index in [-0.39, 0.29) is 0 Å². The van der Waals surface area contributed by atoms with Crippen LogP contribution < -0.4 is 11.1 Å². The van der Waals surface area contributed by atoms with Gasteiger partial charge in [-0.05, 0) is 36.8 Å². The Balaban J connectivity index is 2.35. The van der Waals surface area contributed by atoms with Crippen LogP contribution in [0.3, 0.4) is 0 Å². The van der Waals surface area contributed by atoms with Crippen LogP contribution in [0.25, 0.3) is 0 Å². The summed E-state index contributed by atoms with van der Waals surface area (Å²) in [5, 5.41) is 4.02. The van der Waals surface area contributed by atoms with Gasteiger partial charge in [0.05, 0.1) is 11.4 Å². The molecule has 3 heteroatoms. The molecule has 16 heavy (non-hydrogen) atoms. The van der Waals surface area contributed by atoms with Crippen molar-refractivity contribution >= 4 is 28.7 Å². The molecule has 2 aromatic carbocycles. The molecule has 0 saturated heterocycles. The molecule has 0 amide bonds. The average molecular weight is 233 g/mol. The van der Waals surface area contributed by atoms with Crippen molar-refractivity contribution in [1.82, 2.24) is 0 Å². The molecule has 2 nitrogen and oxygen atoms in total. The topological polar surface area (TPSA) is 38.0 Å². The summed E-state index contributed by atoms with van der Waals surface area (Å²) >= 11 is 6.05. The van der Waals surface area contributed by atoms with E-state index < -0.39 is 0 Å². The molecule has 0 aromatic heterocycles. The highest BCUT2D eigenvalue weighted by molar-refractivity contribution is 6.31. The van der Waals surface area contributed by atoms with Crippen molar-refractivity contribution in [3.05, 3.63) is 53.1 Å². The average Bonchev–Trinajstić information content (AvgIpc) is 2.28. The zero-order valence-electron chi connectivity index (χ0n) is 9.00. The van der Waals surface area contributed by atoms with Crippen LogP contribution in [0.2, 0.25) is 5.02 Å². The Morgan fingerprint density at radius 1 is 1.00 bits per heavy atom. The molecule has 0 bridgehead atoms. The summed E-state index contributed by atoms with van der Waals surface area (Å²) in [5.41, 5.74) is 9.48. The first-order valence-electron chi connectivity index (χ1n) is 5.05. The summed E-state index contributed by atoms with van der Waals surface area (Å²) in [4.78, 5) is 0. The van der Waals surface area contributed by atoms with Crippen molar-refractivity contribution in [3.8, 4) is 0 Å². The molecule has 2 aromatic rings. The summed E-state index contributed by atoms with van der Waals surface area (Å²) in [6.07, 6.45) is 0. The molecule has 3 N–H and O–H groups in total. The fourth-order valence-corrected chi connectivity index (χ4v) is 1.67. The third-order valence-electron chi connectivity index (χ3n) is 2.50. The predicted molar refractivity (Wildman–Crippen MR) is 70.3 cm³/mol. The first-order valence-corrected chi connectivity index (χ1v) is 5.43. The second-order valence-corrected chi connectivity index (χ2v) is 4.03. The molecule has 0 radical (unpaired) electrons. The molecule has 2 rings (SSSR count). The molecular weight excluding hydrogens is 220 g/mol. The van der Waals surface area contributed by atoms with Gasteiger partial charge in [0.2, 0.25) is 0 Å². The van der Waals surface area contributed by atoms with Gasteiger partial charge in [-0.25, -0.2) is 0 Å². The number of hydrogen-bond donors (Lipinski definition) is 2. The number of para-hydroxylation sites is 2. The Labute approximate surface area is 100 Å². The summed E-state index contributed by atoms with van der Waals surface area (Å²) in [6, 6.07) is 13.4. The van der Waals surface area contributed by atoms with Gasteiger partial charge in [-0.3, -0.25) is 0 Å². The normalized spacial score (nSPS) is 10.1. The van der Waals surface area contributed by atoms with E-state index in [0.29, 0.717) is 0 Å².